The molecule has 3 rings (SSSR count). The minimum atomic E-state index is -0.554. The predicted molar refractivity (Wildman–Crippen MR) is 123 cm³/mol. The Bertz CT molecular complexity index is 653. The molecule has 0 aromatic rings. The lowest BCUT2D eigenvalue weighted by molar-refractivity contribution is -0.0657. The zero-order valence-corrected chi connectivity index (χ0v) is 19.3. The van der Waals surface area contributed by atoms with Gasteiger partial charge in [-0.25, -0.2) is 0 Å². The molecule has 0 unspecified atom stereocenters. The Morgan fingerprint density at radius 3 is 2.69 bits per heavy atom. The number of rotatable bonds is 6. The highest BCUT2D eigenvalue weighted by Gasteiger charge is 2.54. The van der Waals surface area contributed by atoms with E-state index in [2.05, 4.69) is 46.4 Å². The molecule has 0 heterocycles. The van der Waals surface area contributed by atoms with Crippen LogP contribution in [0.15, 0.2) is 35.5 Å². The molecule has 0 aromatic carbocycles. The van der Waals surface area contributed by atoms with E-state index in [0.29, 0.717) is 17.8 Å². The molecule has 5 atom stereocenters. The van der Waals surface area contributed by atoms with Crippen LogP contribution in [0.4, 0.5) is 0 Å². The first-order chi connectivity index (χ1) is 13.6. The van der Waals surface area contributed by atoms with Crippen molar-refractivity contribution in [2.24, 2.45) is 23.2 Å². The average Bonchev–Trinajstić information content (AvgIpc) is 3.00. The van der Waals surface area contributed by atoms with Crippen LogP contribution in [0, 0.1) is 23.2 Å². The molecule has 0 aliphatic heterocycles. The van der Waals surface area contributed by atoms with E-state index >= 15 is 0 Å². The van der Waals surface area contributed by atoms with E-state index in [-0.39, 0.29) is 11.5 Å². The zero-order chi connectivity index (χ0) is 21.2. The van der Waals surface area contributed by atoms with Crippen molar-refractivity contribution >= 4 is 0 Å². The summed E-state index contributed by atoms with van der Waals surface area (Å²) < 4.78 is 0. The molecular formula is C27H44O2. The van der Waals surface area contributed by atoms with Crippen molar-refractivity contribution in [1.82, 2.24) is 0 Å². The van der Waals surface area contributed by atoms with Crippen LogP contribution in [0.3, 0.4) is 0 Å². The second-order valence-electron chi connectivity index (χ2n) is 11.1. The van der Waals surface area contributed by atoms with Crippen molar-refractivity contribution in [2.45, 2.75) is 110 Å². The number of hydrogen-bond donors (Lipinski definition) is 2. The van der Waals surface area contributed by atoms with Gasteiger partial charge in [-0.3, -0.25) is 0 Å². The highest BCUT2D eigenvalue weighted by molar-refractivity contribution is 5.36. The fourth-order valence-electron chi connectivity index (χ4n) is 6.70. The Labute approximate surface area is 179 Å². The van der Waals surface area contributed by atoms with Gasteiger partial charge in [-0.15, -0.1) is 0 Å². The summed E-state index contributed by atoms with van der Waals surface area (Å²) in [5.41, 5.74) is 3.66. The molecule has 29 heavy (non-hydrogen) atoms. The maximum Gasteiger partial charge on any atom is 0.0653 e. The van der Waals surface area contributed by atoms with Gasteiger partial charge in [0.1, 0.15) is 0 Å². The molecule has 3 aliphatic rings. The molecule has 2 nitrogen and oxygen atoms in total. The number of aliphatic hydroxyl groups is 2. The molecule has 0 spiro atoms. The minimum absolute atomic E-state index is 0.210. The Balaban J connectivity index is 1.75. The standard InChI is InChI=1S/C27H44O2/c1-19(2)8-6-17-27(5,29)25-15-14-24-21(9-7-16-26(24,25)4)11-12-22-18-23(28)13-10-20(22)3/h11-12,19,23-25,28-29H,3,6-10,13-18H2,1-2,4-5H3/b21-11+,22-12+/t23-,24-,25+,26+,27+/m0/s1. The van der Waals surface area contributed by atoms with Gasteiger partial charge >= 0.3 is 0 Å². The summed E-state index contributed by atoms with van der Waals surface area (Å²) >= 11 is 0. The fourth-order valence-corrected chi connectivity index (χ4v) is 6.70. The lowest BCUT2D eigenvalue weighted by Crippen LogP contribution is -2.45. The van der Waals surface area contributed by atoms with Crippen LogP contribution in [0.2, 0.25) is 0 Å². The molecular weight excluding hydrogens is 356 g/mol. The van der Waals surface area contributed by atoms with Crippen molar-refractivity contribution in [3.8, 4) is 0 Å². The lowest BCUT2D eigenvalue weighted by atomic mass is 9.59. The largest absolute Gasteiger partial charge is 0.393 e. The monoisotopic (exact) mass is 400 g/mol. The van der Waals surface area contributed by atoms with Gasteiger partial charge in [0.15, 0.2) is 0 Å². The number of allylic oxidation sites excluding steroid dienone is 4. The third-order valence-electron chi connectivity index (χ3n) is 8.37. The van der Waals surface area contributed by atoms with Gasteiger partial charge in [0, 0.05) is 0 Å². The van der Waals surface area contributed by atoms with E-state index in [1.165, 1.54) is 43.3 Å². The SMILES string of the molecule is C=C1CC[C@H](O)C/C1=C\C=C1/CCC[C@@]2(C)[C@H]([C@](C)(O)CCCC(C)C)CC[C@@H]12. The summed E-state index contributed by atoms with van der Waals surface area (Å²) in [7, 11) is 0. The molecule has 0 aromatic heterocycles. The summed E-state index contributed by atoms with van der Waals surface area (Å²) in [6.07, 6.45) is 16.2. The second kappa shape index (κ2) is 9.10. The van der Waals surface area contributed by atoms with Crippen LogP contribution in [-0.4, -0.2) is 21.9 Å². The van der Waals surface area contributed by atoms with Gasteiger partial charge in [0.2, 0.25) is 0 Å². The predicted octanol–water partition coefficient (Wildman–Crippen LogP) is 6.73. The van der Waals surface area contributed by atoms with Gasteiger partial charge in [-0.1, -0.05) is 63.5 Å². The van der Waals surface area contributed by atoms with E-state index in [1.807, 2.05) is 0 Å². The lowest BCUT2D eigenvalue weighted by Gasteiger charge is -2.47. The van der Waals surface area contributed by atoms with Crippen LogP contribution >= 0.6 is 0 Å². The summed E-state index contributed by atoms with van der Waals surface area (Å²) in [6, 6.07) is 0. The van der Waals surface area contributed by atoms with Crippen LogP contribution < -0.4 is 0 Å². The molecule has 0 bridgehead atoms. The summed E-state index contributed by atoms with van der Waals surface area (Å²) in [5, 5.41) is 21.5. The Morgan fingerprint density at radius 2 is 1.97 bits per heavy atom. The fraction of sp³-hybridized carbons (Fsp3) is 0.778. The Hall–Kier alpha value is -0.860. The van der Waals surface area contributed by atoms with E-state index in [4.69, 9.17) is 0 Å². The van der Waals surface area contributed by atoms with Crippen molar-refractivity contribution in [1.29, 1.82) is 0 Å². The summed E-state index contributed by atoms with van der Waals surface area (Å²) in [4.78, 5) is 0. The van der Waals surface area contributed by atoms with Crippen molar-refractivity contribution < 1.29 is 10.2 Å². The Kier molecular flexibility index (Phi) is 7.16. The zero-order valence-electron chi connectivity index (χ0n) is 19.3. The Morgan fingerprint density at radius 1 is 1.21 bits per heavy atom. The van der Waals surface area contributed by atoms with Crippen molar-refractivity contribution in [3.05, 3.63) is 35.5 Å². The van der Waals surface area contributed by atoms with Gasteiger partial charge < -0.3 is 10.2 Å². The highest BCUT2D eigenvalue weighted by Crippen LogP contribution is 2.60. The van der Waals surface area contributed by atoms with E-state index in [0.717, 1.165) is 38.5 Å². The maximum absolute atomic E-state index is 11.4. The van der Waals surface area contributed by atoms with Gasteiger partial charge in [-0.2, -0.15) is 0 Å². The first-order valence-electron chi connectivity index (χ1n) is 12.1. The van der Waals surface area contributed by atoms with Crippen molar-refractivity contribution in [3.63, 3.8) is 0 Å². The molecule has 3 aliphatic carbocycles. The summed E-state index contributed by atoms with van der Waals surface area (Å²) in [5.74, 6) is 1.70. The molecule has 0 amide bonds. The quantitative estimate of drug-likeness (QED) is 0.518. The molecule has 2 N–H and O–H groups in total. The average molecular weight is 401 g/mol. The molecule has 3 saturated carbocycles. The first-order valence-corrected chi connectivity index (χ1v) is 12.1. The summed E-state index contributed by atoms with van der Waals surface area (Å²) in [6.45, 7) is 13.3. The number of fused-ring (bicyclic) bond motifs is 1. The molecule has 164 valence electrons. The minimum Gasteiger partial charge on any atom is -0.393 e. The van der Waals surface area contributed by atoms with E-state index in [1.54, 1.807) is 5.57 Å². The third-order valence-corrected chi connectivity index (χ3v) is 8.37. The molecule has 2 heteroatoms. The second-order valence-corrected chi connectivity index (χ2v) is 11.1. The molecule has 0 radical (unpaired) electrons. The van der Waals surface area contributed by atoms with Crippen LogP contribution in [0.1, 0.15) is 98.3 Å². The van der Waals surface area contributed by atoms with Gasteiger partial charge in [-0.05, 0) is 93.5 Å². The smallest absolute Gasteiger partial charge is 0.0653 e. The van der Waals surface area contributed by atoms with Gasteiger partial charge in [0.25, 0.3) is 0 Å². The van der Waals surface area contributed by atoms with Crippen LogP contribution in [0.5, 0.6) is 0 Å². The number of hydrogen-bond acceptors (Lipinski definition) is 2. The van der Waals surface area contributed by atoms with Crippen LogP contribution in [0.25, 0.3) is 0 Å². The highest BCUT2D eigenvalue weighted by atomic mass is 16.3. The molecule has 3 fully saturated rings. The topological polar surface area (TPSA) is 40.5 Å². The third kappa shape index (κ3) is 5.07. The van der Waals surface area contributed by atoms with E-state index < -0.39 is 5.60 Å². The maximum atomic E-state index is 11.4. The van der Waals surface area contributed by atoms with Crippen LogP contribution in [-0.2, 0) is 0 Å². The van der Waals surface area contributed by atoms with Crippen molar-refractivity contribution in [2.75, 3.05) is 0 Å². The number of aliphatic hydroxyl groups excluding tert-OH is 1. The molecule has 0 saturated heterocycles. The van der Waals surface area contributed by atoms with E-state index in [9.17, 15) is 10.2 Å². The first kappa shape index (κ1) is 22.8. The van der Waals surface area contributed by atoms with Gasteiger partial charge in [0.05, 0.1) is 11.7 Å². The normalized spacial score (nSPS) is 37.9.